The van der Waals surface area contributed by atoms with E-state index in [2.05, 4.69) is 52.8 Å². The van der Waals surface area contributed by atoms with E-state index in [0.29, 0.717) is 11.8 Å². The van der Waals surface area contributed by atoms with Gasteiger partial charge in [0.15, 0.2) is 0 Å². The monoisotopic (exact) mass is 290 g/mol. The molecule has 21 heavy (non-hydrogen) atoms. The van der Waals surface area contributed by atoms with Crippen LogP contribution in [0.4, 0.5) is 0 Å². The number of aliphatic hydroxyl groups is 1. The van der Waals surface area contributed by atoms with Crippen LogP contribution in [0.3, 0.4) is 0 Å². The van der Waals surface area contributed by atoms with Crippen LogP contribution in [0.25, 0.3) is 0 Å². The Balaban J connectivity index is 2.74. The van der Waals surface area contributed by atoms with Crippen LogP contribution >= 0.6 is 0 Å². The van der Waals surface area contributed by atoms with Gasteiger partial charge in [0.25, 0.3) is 0 Å². The first-order valence-electron chi connectivity index (χ1n) is 8.54. The van der Waals surface area contributed by atoms with Crippen LogP contribution < -0.4 is 0 Å². The SMILES string of the molecule is CC(C)=CCCC(C)C1CCC(C)=CCCC(C)=CC1O. The second kappa shape index (κ2) is 9.25. The highest BCUT2D eigenvalue weighted by atomic mass is 16.3. The Morgan fingerprint density at radius 1 is 1.29 bits per heavy atom. The van der Waals surface area contributed by atoms with E-state index < -0.39 is 0 Å². The van der Waals surface area contributed by atoms with Gasteiger partial charge in [-0.2, -0.15) is 0 Å². The molecule has 0 radical (unpaired) electrons. The van der Waals surface area contributed by atoms with Gasteiger partial charge in [-0.1, -0.05) is 41.9 Å². The van der Waals surface area contributed by atoms with Crippen LogP contribution in [0.2, 0.25) is 0 Å². The lowest BCUT2D eigenvalue weighted by Gasteiger charge is -2.28. The lowest BCUT2D eigenvalue weighted by molar-refractivity contribution is 0.106. The molecule has 3 atom stereocenters. The molecule has 1 heteroatoms. The summed E-state index contributed by atoms with van der Waals surface area (Å²) in [5.74, 6) is 0.943. The minimum Gasteiger partial charge on any atom is -0.389 e. The second-order valence-corrected chi connectivity index (χ2v) is 7.13. The highest BCUT2D eigenvalue weighted by Crippen LogP contribution is 2.30. The van der Waals surface area contributed by atoms with Gasteiger partial charge < -0.3 is 5.11 Å². The van der Waals surface area contributed by atoms with E-state index in [4.69, 9.17) is 0 Å². The zero-order chi connectivity index (χ0) is 15.8. The zero-order valence-corrected chi connectivity index (χ0v) is 14.7. The molecular formula is C20H34O. The Kier molecular flexibility index (Phi) is 8.03. The number of rotatable bonds is 4. The first-order valence-corrected chi connectivity index (χ1v) is 8.54. The minimum absolute atomic E-state index is 0.280. The Morgan fingerprint density at radius 2 is 2.00 bits per heavy atom. The third-order valence-corrected chi connectivity index (χ3v) is 4.70. The van der Waals surface area contributed by atoms with Crippen molar-refractivity contribution in [1.82, 2.24) is 0 Å². The van der Waals surface area contributed by atoms with Crippen molar-refractivity contribution in [2.24, 2.45) is 11.8 Å². The number of allylic oxidation sites excluding steroid dienone is 5. The maximum atomic E-state index is 10.6. The van der Waals surface area contributed by atoms with E-state index in [1.807, 2.05) is 0 Å². The topological polar surface area (TPSA) is 20.2 Å². The van der Waals surface area contributed by atoms with E-state index in [9.17, 15) is 5.11 Å². The molecule has 0 aliphatic heterocycles. The van der Waals surface area contributed by atoms with Crippen molar-refractivity contribution in [3.8, 4) is 0 Å². The predicted molar refractivity (Wildman–Crippen MR) is 93.3 cm³/mol. The van der Waals surface area contributed by atoms with E-state index in [-0.39, 0.29) is 6.10 Å². The molecule has 0 saturated heterocycles. The van der Waals surface area contributed by atoms with Crippen molar-refractivity contribution in [2.75, 3.05) is 0 Å². The van der Waals surface area contributed by atoms with Crippen LogP contribution in [0.1, 0.15) is 73.1 Å². The molecule has 0 amide bonds. The zero-order valence-electron chi connectivity index (χ0n) is 14.7. The van der Waals surface area contributed by atoms with Gasteiger partial charge in [0.2, 0.25) is 0 Å². The fourth-order valence-electron chi connectivity index (χ4n) is 3.18. The molecule has 0 aromatic rings. The average Bonchev–Trinajstić information content (AvgIpc) is 2.37. The summed E-state index contributed by atoms with van der Waals surface area (Å²) in [5, 5.41) is 10.6. The predicted octanol–water partition coefficient (Wildman–Crippen LogP) is 5.81. The molecule has 0 saturated carbocycles. The van der Waals surface area contributed by atoms with Crippen LogP contribution in [-0.4, -0.2) is 11.2 Å². The summed E-state index contributed by atoms with van der Waals surface area (Å²) >= 11 is 0. The second-order valence-electron chi connectivity index (χ2n) is 7.13. The van der Waals surface area contributed by atoms with Gasteiger partial charge in [0.1, 0.15) is 0 Å². The fraction of sp³-hybridized carbons (Fsp3) is 0.700. The summed E-state index contributed by atoms with van der Waals surface area (Å²) in [4.78, 5) is 0. The standard InChI is InChI=1S/C20H34O/c1-15(2)8-6-11-18(5)19-13-12-16(3)9-7-10-17(4)14-20(19)21/h8-9,14,18-21H,6-7,10-13H2,1-5H3. The summed E-state index contributed by atoms with van der Waals surface area (Å²) < 4.78 is 0. The smallest absolute Gasteiger partial charge is 0.0754 e. The molecular weight excluding hydrogens is 256 g/mol. The Labute approximate surface area is 131 Å². The maximum absolute atomic E-state index is 10.6. The van der Waals surface area contributed by atoms with Crippen LogP contribution in [0, 0.1) is 11.8 Å². The van der Waals surface area contributed by atoms with E-state index in [1.165, 1.54) is 23.1 Å². The number of aliphatic hydroxyl groups excluding tert-OH is 1. The van der Waals surface area contributed by atoms with Crippen LogP contribution in [0.5, 0.6) is 0 Å². The van der Waals surface area contributed by atoms with E-state index in [1.54, 1.807) is 0 Å². The highest BCUT2D eigenvalue weighted by molar-refractivity contribution is 5.09. The Hall–Kier alpha value is -0.820. The van der Waals surface area contributed by atoms with Crippen LogP contribution in [0.15, 0.2) is 34.9 Å². The van der Waals surface area contributed by atoms with Gasteiger partial charge >= 0.3 is 0 Å². The minimum atomic E-state index is -0.280. The molecule has 0 aromatic heterocycles. The van der Waals surface area contributed by atoms with Crippen molar-refractivity contribution >= 4 is 0 Å². The summed E-state index contributed by atoms with van der Waals surface area (Å²) in [6, 6.07) is 0. The molecule has 3 unspecified atom stereocenters. The Morgan fingerprint density at radius 3 is 2.67 bits per heavy atom. The lowest BCUT2D eigenvalue weighted by atomic mass is 9.80. The van der Waals surface area contributed by atoms with Crippen molar-refractivity contribution < 1.29 is 5.11 Å². The molecule has 1 N–H and O–H groups in total. The molecule has 0 fully saturated rings. The van der Waals surface area contributed by atoms with Gasteiger partial charge in [-0.3, -0.25) is 0 Å². The maximum Gasteiger partial charge on any atom is 0.0754 e. The number of hydrogen-bond acceptors (Lipinski definition) is 1. The summed E-state index contributed by atoms with van der Waals surface area (Å²) in [6.45, 7) is 11.0. The third-order valence-electron chi connectivity index (χ3n) is 4.70. The normalized spacial score (nSPS) is 25.6. The van der Waals surface area contributed by atoms with Gasteiger partial charge in [-0.25, -0.2) is 0 Å². The fourth-order valence-corrected chi connectivity index (χ4v) is 3.18. The molecule has 0 bridgehead atoms. The largest absolute Gasteiger partial charge is 0.389 e. The lowest BCUT2D eigenvalue weighted by Crippen LogP contribution is -2.25. The third kappa shape index (κ3) is 7.13. The van der Waals surface area contributed by atoms with Crippen LogP contribution in [-0.2, 0) is 0 Å². The summed E-state index contributed by atoms with van der Waals surface area (Å²) in [7, 11) is 0. The molecule has 120 valence electrons. The highest BCUT2D eigenvalue weighted by Gasteiger charge is 2.23. The molecule has 0 heterocycles. The van der Waals surface area contributed by atoms with Crippen molar-refractivity contribution in [1.29, 1.82) is 0 Å². The Bertz CT molecular complexity index is 396. The number of hydrogen-bond donors (Lipinski definition) is 1. The first-order chi connectivity index (χ1) is 9.90. The van der Waals surface area contributed by atoms with Crippen molar-refractivity contribution in [3.63, 3.8) is 0 Å². The molecule has 1 rings (SSSR count). The molecule has 0 spiro atoms. The average molecular weight is 290 g/mol. The molecule has 1 aliphatic rings. The molecule has 1 nitrogen and oxygen atoms in total. The van der Waals surface area contributed by atoms with Gasteiger partial charge in [0, 0.05) is 0 Å². The van der Waals surface area contributed by atoms with Gasteiger partial charge in [0.05, 0.1) is 6.10 Å². The van der Waals surface area contributed by atoms with E-state index >= 15 is 0 Å². The molecule has 1 aliphatic carbocycles. The van der Waals surface area contributed by atoms with Crippen molar-refractivity contribution in [2.45, 2.75) is 79.2 Å². The molecule has 0 aromatic carbocycles. The van der Waals surface area contributed by atoms with E-state index in [0.717, 1.165) is 32.1 Å². The quantitative estimate of drug-likeness (QED) is 0.647. The summed E-state index contributed by atoms with van der Waals surface area (Å²) in [5.41, 5.74) is 4.21. The first kappa shape index (κ1) is 18.2. The van der Waals surface area contributed by atoms with Gasteiger partial charge in [-0.05, 0) is 78.1 Å². The van der Waals surface area contributed by atoms with Gasteiger partial charge in [-0.15, -0.1) is 0 Å². The summed E-state index contributed by atoms with van der Waals surface area (Å²) in [6.07, 6.45) is 13.2. The van der Waals surface area contributed by atoms with Crippen molar-refractivity contribution in [3.05, 3.63) is 34.9 Å².